The van der Waals surface area contributed by atoms with Gasteiger partial charge in [-0.25, -0.2) is 9.59 Å². The SMILES string of the molecule is O=C(OC(=O)[C@@H](O)[C@@H](O)[C@H](O)[C@H](O)CO)c1cccc2cc3ccc4cc5ccccc5cc4c3cc12. The van der Waals surface area contributed by atoms with Gasteiger partial charge in [0.1, 0.15) is 18.3 Å². The topological polar surface area (TPSA) is 145 Å². The summed E-state index contributed by atoms with van der Waals surface area (Å²) < 4.78 is 4.81. The zero-order chi connectivity index (χ0) is 26.3. The molecule has 0 aliphatic carbocycles. The summed E-state index contributed by atoms with van der Waals surface area (Å²) >= 11 is 0. The molecule has 0 radical (unpaired) electrons. The van der Waals surface area contributed by atoms with Gasteiger partial charge in [0, 0.05) is 0 Å². The lowest BCUT2D eigenvalue weighted by atomic mass is 9.94. The van der Waals surface area contributed by atoms with Crippen LogP contribution in [0.15, 0.2) is 78.9 Å². The van der Waals surface area contributed by atoms with Crippen molar-refractivity contribution in [3.8, 4) is 0 Å². The lowest BCUT2D eigenvalue weighted by Crippen LogP contribution is -2.49. The van der Waals surface area contributed by atoms with E-state index in [9.17, 15) is 30.0 Å². The van der Waals surface area contributed by atoms with Crippen LogP contribution in [0.3, 0.4) is 0 Å². The molecular formula is C29H24O8. The summed E-state index contributed by atoms with van der Waals surface area (Å²) in [4.78, 5) is 25.3. The Morgan fingerprint density at radius 2 is 1.22 bits per heavy atom. The van der Waals surface area contributed by atoms with Crippen LogP contribution >= 0.6 is 0 Å². The maximum absolute atomic E-state index is 12.9. The summed E-state index contributed by atoms with van der Waals surface area (Å²) in [6, 6.07) is 25.0. The summed E-state index contributed by atoms with van der Waals surface area (Å²) in [5.74, 6) is -2.56. The minimum absolute atomic E-state index is 0.0724. The lowest BCUT2D eigenvalue weighted by Gasteiger charge is -2.24. The van der Waals surface area contributed by atoms with Crippen LogP contribution in [-0.2, 0) is 9.53 Å². The molecule has 5 rings (SSSR count). The molecule has 0 aliphatic heterocycles. The van der Waals surface area contributed by atoms with Crippen LogP contribution in [0, 0.1) is 0 Å². The van der Waals surface area contributed by atoms with Gasteiger partial charge >= 0.3 is 11.9 Å². The summed E-state index contributed by atoms with van der Waals surface area (Å²) in [5.41, 5.74) is 0.0724. The highest BCUT2D eigenvalue weighted by Gasteiger charge is 2.36. The zero-order valence-corrected chi connectivity index (χ0v) is 19.5. The van der Waals surface area contributed by atoms with Crippen LogP contribution in [0.5, 0.6) is 0 Å². The van der Waals surface area contributed by atoms with E-state index in [1.54, 1.807) is 6.07 Å². The first-order valence-electron chi connectivity index (χ1n) is 11.7. The highest BCUT2D eigenvalue weighted by atomic mass is 16.6. The first kappa shape index (κ1) is 24.8. The molecule has 8 nitrogen and oxygen atoms in total. The highest BCUT2D eigenvalue weighted by molar-refractivity contribution is 6.18. The van der Waals surface area contributed by atoms with Gasteiger partial charge in [0.05, 0.1) is 12.2 Å². The minimum Gasteiger partial charge on any atom is -0.394 e. The van der Waals surface area contributed by atoms with E-state index in [2.05, 4.69) is 12.1 Å². The van der Waals surface area contributed by atoms with Crippen molar-refractivity contribution < 1.29 is 39.9 Å². The van der Waals surface area contributed by atoms with E-state index < -0.39 is 43.0 Å². The molecule has 4 atom stereocenters. The number of aliphatic hydroxyl groups excluding tert-OH is 5. The second kappa shape index (κ2) is 9.85. The third-order valence-corrected chi connectivity index (χ3v) is 6.61. The van der Waals surface area contributed by atoms with Crippen LogP contribution in [-0.4, -0.2) is 68.5 Å². The number of fused-ring (bicyclic) bond motifs is 5. The van der Waals surface area contributed by atoms with Crippen molar-refractivity contribution in [2.45, 2.75) is 24.4 Å². The first-order valence-corrected chi connectivity index (χ1v) is 11.7. The fourth-order valence-electron chi connectivity index (χ4n) is 4.57. The Labute approximate surface area is 210 Å². The summed E-state index contributed by atoms with van der Waals surface area (Å²) in [6.07, 6.45) is -8.34. The molecule has 0 saturated heterocycles. The highest BCUT2D eigenvalue weighted by Crippen LogP contribution is 2.33. The van der Waals surface area contributed by atoms with Gasteiger partial charge in [-0.1, -0.05) is 48.5 Å². The summed E-state index contributed by atoms with van der Waals surface area (Å²) in [6.45, 7) is -0.909. The van der Waals surface area contributed by atoms with Crippen LogP contribution in [0.4, 0.5) is 0 Å². The van der Waals surface area contributed by atoms with E-state index in [-0.39, 0.29) is 5.56 Å². The molecule has 0 amide bonds. The molecule has 0 unspecified atom stereocenters. The van der Waals surface area contributed by atoms with Crippen LogP contribution < -0.4 is 0 Å². The predicted octanol–water partition coefficient (Wildman–Crippen LogP) is 2.42. The van der Waals surface area contributed by atoms with Crippen LogP contribution in [0.1, 0.15) is 10.4 Å². The van der Waals surface area contributed by atoms with Gasteiger partial charge in [-0.05, 0) is 73.4 Å². The largest absolute Gasteiger partial charge is 0.394 e. The molecule has 5 N–H and O–H groups in total. The van der Waals surface area contributed by atoms with Crippen molar-refractivity contribution in [3.05, 3.63) is 84.4 Å². The monoisotopic (exact) mass is 500 g/mol. The van der Waals surface area contributed by atoms with E-state index >= 15 is 0 Å². The zero-order valence-electron chi connectivity index (χ0n) is 19.5. The van der Waals surface area contributed by atoms with Crippen molar-refractivity contribution in [1.29, 1.82) is 0 Å². The molecule has 0 spiro atoms. The van der Waals surface area contributed by atoms with Crippen molar-refractivity contribution in [3.63, 3.8) is 0 Å². The Kier molecular flexibility index (Phi) is 6.59. The van der Waals surface area contributed by atoms with Crippen molar-refractivity contribution in [1.82, 2.24) is 0 Å². The van der Waals surface area contributed by atoms with E-state index in [4.69, 9.17) is 9.84 Å². The Hall–Kier alpha value is -3.92. The fourth-order valence-corrected chi connectivity index (χ4v) is 4.57. The molecule has 0 aromatic heterocycles. The number of ether oxygens (including phenoxy) is 1. The van der Waals surface area contributed by atoms with Crippen molar-refractivity contribution in [2.24, 2.45) is 0 Å². The van der Waals surface area contributed by atoms with Gasteiger partial charge in [0.15, 0.2) is 6.10 Å². The number of rotatable bonds is 6. The van der Waals surface area contributed by atoms with Gasteiger partial charge in [-0.15, -0.1) is 0 Å². The van der Waals surface area contributed by atoms with Crippen molar-refractivity contribution >= 4 is 55.0 Å². The van der Waals surface area contributed by atoms with Gasteiger partial charge in [0.25, 0.3) is 0 Å². The predicted molar refractivity (Wildman–Crippen MR) is 138 cm³/mol. The summed E-state index contributed by atoms with van der Waals surface area (Å²) in [7, 11) is 0. The Balaban J connectivity index is 1.53. The van der Waals surface area contributed by atoms with Gasteiger partial charge < -0.3 is 30.3 Å². The number of carbonyl (C=O) groups excluding carboxylic acids is 2. The van der Waals surface area contributed by atoms with Crippen LogP contribution in [0.25, 0.3) is 43.1 Å². The molecule has 188 valence electrons. The number of carbonyl (C=O) groups is 2. The molecule has 0 heterocycles. The number of esters is 2. The van der Waals surface area contributed by atoms with Crippen LogP contribution in [0.2, 0.25) is 0 Å². The molecule has 0 fully saturated rings. The molecule has 5 aromatic carbocycles. The maximum atomic E-state index is 12.9. The maximum Gasteiger partial charge on any atom is 0.346 e. The average molecular weight is 501 g/mol. The third-order valence-electron chi connectivity index (χ3n) is 6.61. The van der Waals surface area contributed by atoms with Gasteiger partial charge in [0.2, 0.25) is 0 Å². The van der Waals surface area contributed by atoms with Gasteiger partial charge in [-0.2, -0.15) is 0 Å². The average Bonchev–Trinajstić information content (AvgIpc) is 2.92. The van der Waals surface area contributed by atoms with E-state index in [1.807, 2.05) is 54.6 Å². The summed E-state index contributed by atoms with van der Waals surface area (Å²) in [5, 5.41) is 55.3. The molecular weight excluding hydrogens is 476 g/mol. The lowest BCUT2D eigenvalue weighted by molar-refractivity contribution is -0.164. The Morgan fingerprint density at radius 3 is 1.89 bits per heavy atom. The normalized spacial score (nSPS) is 15.1. The molecule has 8 heteroatoms. The molecule has 0 bridgehead atoms. The van der Waals surface area contributed by atoms with E-state index in [1.165, 1.54) is 6.07 Å². The minimum atomic E-state index is -2.33. The molecule has 0 saturated carbocycles. The number of hydrogen-bond donors (Lipinski definition) is 5. The van der Waals surface area contributed by atoms with E-state index in [0.29, 0.717) is 5.39 Å². The second-order valence-electron chi connectivity index (χ2n) is 8.97. The number of benzene rings is 5. The van der Waals surface area contributed by atoms with E-state index in [0.717, 1.165) is 37.7 Å². The van der Waals surface area contributed by atoms with Gasteiger partial charge in [-0.3, -0.25) is 0 Å². The second-order valence-corrected chi connectivity index (χ2v) is 8.97. The van der Waals surface area contributed by atoms with Crippen molar-refractivity contribution in [2.75, 3.05) is 6.61 Å². The molecule has 37 heavy (non-hydrogen) atoms. The smallest absolute Gasteiger partial charge is 0.346 e. The number of hydrogen-bond acceptors (Lipinski definition) is 8. The standard InChI is InChI=1S/C29H24O8/c30-14-24(31)25(32)26(33)27(34)29(36)37-28(35)20-7-3-6-17-11-19-9-8-18-10-15-4-1-2-5-16(15)12-21(18)23(19)13-22(17)20/h1-13,24-27,30-34H,14H2/t24-,25-,26+,27+/m1/s1. The quantitative estimate of drug-likeness (QED) is 0.103. The fraction of sp³-hybridized carbons (Fsp3) is 0.172. The number of aliphatic hydroxyl groups is 5. The molecule has 5 aromatic rings. The third kappa shape index (κ3) is 4.53. The Morgan fingerprint density at radius 1 is 0.649 bits per heavy atom. The molecule has 0 aliphatic rings. The Bertz CT molecular complexity index is 1660. The first-order chi connectivity index (χ1) is 17.8.